The second kappa shape index (κ2) is 7.21. The number of hydrogen-bond acceptors (Lipinski definition) is 5. The Morgan fingerprint density at radius 2 is 2.00 bits per heavy atom. The zero-order valence-corrected chi connectivity index (χ0v) is 15.7. The van der Waals surface area contributed by atoms with Gasteiger partial charge in [-0.3, -0.25) is 0 Å². The second-order valence-corrected chi connectivity index (χ2v) is 8.61. The molecule has 0 aromatic heterocycles. The van der Waals surface area contributed by atoms with E-state index in [0.717, 1.165) is 24.0 Å². The van der Waals surface area contributed by atoms with Crippen LogP contribution in [0.3, 0.4) is 0 Å². The molecule has 6 atom stereocenters. The van der Waals surface area contributed by atoms with Crippen LogP contribution in [0.4, 0.5) is 0 Å². The molecule has 0 amide bonds. The van der Waals surface area contributed by atoms with Gasteiger partial charge in [-0.05, 0) is 62.5 Å². The molecule has 3 rings (SSSR count). The van der Waals surface area contributed by atoms with Gasteiger partial charge in [-0.1, -0.05) is 30.7 Å². The Labute approximate surface area is 155 Å². The van der Waals surface area contributed by atoms with E-state index in [9.17, 15) is 25.5 Å². The minimum atomic E-state index is -1.41. The maximum atomic E-state index is 11.1. The molecule has 5 heteroatoms. The van der Waals surface area contributed by atoms with Gasteiger partial charge in [0.1, 0.15) is 6.10 Å². The van der Waals surface area contributed by atoms with Crippen LogP contribution in [-0.2, 0) is 0 Å². The Kier molecular flexibility index (Phi) is 5.48. The van der Waals surface area contributed by atoms with Gasteiger partial charge < -0.3 is 25.5 Å². The van der Waals surface area contributed by atoms with E-state index < -0.39 is 29.8 Å². The van der Waals surface area contributed by atoms with Gasteiger partial charge in [-0.2, -0.15) is 0 Å². The quantitative estimate of drug-likeness (QED) is 0.522. The number of aliphatic hydroxyl groups is 5. The third-order valence-electron chi connectivity index (χ3n) is 7.05. The largest absolute Gasteiger partial charge is 0.394 e. The summed E-state index contributed by atoms with van der Waals surface area (Å²) in [5, 5.41) is 51.1. The number of fused-ring (bicyclic) bond motifs is 1. The lowest BCUT2D eigenvalue weighted by atomic mass is 9.61. The van der Waals surface area contributed by atoms with Crippen molar-refractivity contribution in [3.8, 4) is 0 Å². The van der Waals surface area contributed by atoms with Crippen molar-refractivity contribution in [3.05, 3.63) is 34.9 Å². The Balaban J connectivity index is 1.89. The summed E-state index contributed by atoms with van der Waals surface area (Å²) in [6, 6.07) is 0. The third-order valence-corrected chi connectivity index (χ3v) is 7.05. The fraction of sp³-hybridized carbons (Fsp3) is 0.714. The van der Waals surface area contributed by atoms with E-state index in [-0.39, 0.29) is 12.0 Å². The average Bonchev–Trinajstić information content (AvgIpc) is 2.86. The van der Waals surface area contributed by atoms with Gasteiger partial charge in [-0.25, -0.2) is 0 Å². The zero-order chi connectivity index (χ0) is 19.1. The van der Waals surface area contributed by atoms with Gasteiger partial charge in [0.2, 0.25) is 0 Å². The summed E-state index contributed by atoms with van der Waals surface area (Å²) in [7, 11) is 0. The molecule has 1 fully saturated rings. The normalized spacial score (nSPS) is 42.1. The summed E-state index contributed by atoms with van der Waals surface area (Å²) in [5.74, 6) is 0.0165. The van der Waals surface area contributed by atoms with Crippen LogP contribution in [0, 0.1) is 11.3 Å². The highest BCUT2D eigenvalue weighted by Crippen LogP contribution is 2.59. The molecule has 0 bridgehead atoms. The Bertz CT molecular complexity index is 636. The van der Waals surface area contributed by atoms with Crippen LogP contribution in [0.5, 0.6) is 0 Å². The zero-order valence-electron chi connectivity index (χ0n) is 15.7. The summed E-state index contributed by atoms with van der Waals surface area (Å²) < 4.78 is 0. The molecular weight excluding hydrogens is 332 g/mol. The predicted octanol–water partition coefficient (Wildman–Crippen LogP) is 1.60. The Morgan fingerprint density at radius 3 is 2.69 bits per heavy atom. The standard InChI is InChI=1S/C21H32O5/c1-13-3-6-16(23)9-14(13)4-5-15-10-17(24)11-20(2)18(15)7-8-21(20,26)19(25)12-22/h4-5,10,16-19,22-26H,3,6-9,11-12H2,1-2H3/b5-4+/t16-,17+,18+,19+,20+,21+/m1/s1. The van der Waals surface area contributed by atoms with Gasteiger partial charge in [0.25, 0.3) is 0 Å². The van der Waals surface area contributed by atoms with Crippen molar-refractivity contribution in [1.82, 2.24) is 0 Å². The van der Waals surface area contributed by atoms with E-state index in [4.69, 9.17) is 0 Å². The average molecular weight is 364 g/mol. The Hall–Kier alpha value is -0.980. The van der Waals surface area contributed by atoms with E-state index >= 15 is 0 Å². The van der Waals surface area contributed by atoms with E-state index in [1.54, 1.807) is 0 Å². The molecule has 3 aliphatic rings. The molecule has 0 radical (unpaired) electrons. The number of hydrogen-bond donors (Lipinski definition) is 5. The monoisotopic (exact) mass is 364 g/mol. The smallest absolute Gasteiger partial charge is 0.106 e. The topological polar surface area (TPSA) is 101 Å². The molecule has 5 nitrogen and oxygen atoms in total. The van der Waals surface area contributed by atoms with Crippen molar-refractivity contribution in [2.24, 2.45) is 11.3 Å². The molecule has 0 spiro atoms. The predicted molar refractivity (Wildman–Crippen MR) is 99.3 cm³/mol. The minimum absolute atomic E-state index is 0.0165. The summed E-state index contributed by atoms with van der Waals surface area (Å²) in [6.45, 7) is 3.50. The molecule has 3 aliphatic carbocycles. The van der Waals surface area contributed by atoms with Crippen LogP contribution in [0.1, 0.15) is 52.4 Å². The van der Waals surface area contributed by atoms with Gasteiger partial charge >= 0.3 is 0 Å². The van der Waals surface area contributed by atoms with Crippen molar-refractivity contribution in [2.75, 3.05) is 6.61 Å². The van der Waals surface area contributed by atoms with E-state index in [1.807, 2.05) is 25.2 Å². The molecule has 1 saturated carbocycles. The number of aliphatic hydroxyl groups excluding tert-OH is 4. The first-order valence-electron chi connectivity index (χ1n) is 9.67. The maximum Gasteiger partial charge on any atom is 0.106 e. The molecule has 0 aromatic carbocycles. The van der Waals surface area contributed by atoms with Crippen LogP contribution in [0.25, 0.3) is 0 Å². The molecule has 0 unspecified atom stereocenters. The molecule has 0 aromatic rings. The van der Waals surface area contributed by atoms with E-state index in [2.05, 4.69) is 6.92 Å². The SMILES string of the molecule is CC1=C(/C=C/C2=C[C@H](O)C[C@@]3(C)[C@H]2CC[C@]3(O)[C@@H](O)CO)C[C@H](O)CC1. The van der Waals surface area contributed by atoms with Crippen LogP contribution in [0.15, 0.2) is 34.9 Å². The fourth-order valence-electron chi connectivity index (χ4n) is 5.31. The first-order valence-corrected chi connectivity index (χ1v) is 9.67. The first-order chi connectivity index (χ1) is 12.2. The van der Waals surface area contributed by atoms with Crippen molar-refractivity contribution < 1.29 is 25.5 Å². The molecule has 0 aliphatic heterocycles. The third kappa shape index (κ3) is 3.20. The summed E-state index contributed by atoms with van der Waals surface area (Å²) in [6.07, 6.45) is 7.47. The van der Waals surface area contributed by atoms with E-state index in [0.29, 0.717) is 25.7 Å². The molecule has 26 heavy (non-hydrogen) atoms. The van der Waals surface area contributed by atoms with Gasteiger partial charge in [0.15, 0.2) is 0 Å². The highest BCUT2D eigenvalue weighted by molar-refractivity contribution is 5.38. The van der Waals surface area contributed by atoms with Crippen LogP contribution in [-0.4, -0.2) is 56.1 Å². The minimum Gasteiger partial charge on any atom is -0.394 e. The van der Waals surface area contributed by atoms with Crippen LogP contribution < -0.4 is 0 Å². The second-order valence-electron chi connectivity index (χ2n) is 8.61. The highest BCUT2D eigenvalue weighted by atomic mass is 16.4. The Morgan fingerprint density at radius 1 is 1.27 bits per heavy atom. The molecule has 0 saturated heterocycles. The highest BCUT2D eigenvalue weighted by Gasteiger charge is 2.61. The lowest BCUT2D eigenvalue weighted by Gasteiger charge is -2.48. The lowest BCUT2D eigenvalue weighted by molar-refractivity contribution is -0.165. The van der Waals surface area contributed by atoms with Crippen LogP contribution >= 0.6 is 0 Å². The van der Waals surface area contributed by atoms with Crippen molar-refractivity contribution >= 4 is 0 Å². The number of rotatable bonds is 4. The lowest BCUT2D eigenvalue weighted by Crippen LogP contribution is -2.56. The van der Waals surface area contributed by atoms with Crippen molar-refractivity contribution in [1.29, 1.82) is 0 Å². The molecular formula is C21H32O5. The van der Waals surface area contributed by atoms with Gasteiger partial charge in [-0.15, -0.1) is 0 Å². The summed E-state index contributed by atoms with van der Waals surface area (Å²) in [5.41, 5.74) is 1.28. The maximum absolute atomic E-state index is 11.1. The summed E-state index contributed by atoms with van der Waals surface area (Å²) in [4.78, 5) is 0. The van der Waals surface area contributed by atoms with Crippen LogP contribution in [0.2, 0.25) is 0 Å². The molecule has 146 valence electrons. The fourth-order valence-corrected chi connectivity index (χ4v) is 5.31. The van der Waals surface area contributed by atoms with Crippen molar-refractivity contribution in [3.63, 3.8) is 0 Å². The summed E-state index contributed by atoms with van der Waals surface area (Å²) >= 11 is 0. The van der Waals surface area contributed by atoms with Gasteiger partial charge in [0.05, 0.1) is 24.4 Å². The van der Waals surface area contributed by atoms with Gasteiger partial charge in [0, 0.05) is 5.41 Å². The number of allylic oxidation sites excluding steroid dienone is 4. The van der Waals surface area contributed by atoms with E-state index in [1.165, 1.54) is 5.57 Å². The van der Waals surface area contributed by atoms with Crippen molar-refractivity contribution in [2.45, 2.75) is 76.3 Å². The first kappa shape index (κ1) is 19.8. The molecule has 5 N–H and O–H groups in total. The molecule has 0 heterocycles.